The van der Waals surface area contributed by atoms with Crippen molar-refractivity contribution < 1.29 is 14.6 Å². The molecule has 2 heterocycles. The molecule has 0 fully saturated rings. The molecular formula is C19H15Cl2N3O3. The van der Waals surface area contributed by atoms with Crippen LogP contribution < -0.4 is 10.1 Å². The van der Waals surface area contributed by atoms with Crippen molar-refractivity contribution in [1.82, 2.24) is 15.3 Å². The molecular weight excluding hydrogens is 389 g/mol. The number of aliphatic hydroxyl groups excluding tert-OH is 1. The predicted octanol–water partition coefficient (Wildman–Crippen LogP) is 3.96. The van der Waals surface area contributed by atoms with E-state index >= 15 is 0 Å². The molecule has 0 bridgehead atoms. The number of nitrogens with zero attached hydrogens (tertiary/aromatic N) is 2. The molecule has 138 valence electrons. The van der Waals surface area contributed by atoms with Crippen molar-refractivity contribution in [3.05, 3.63) is 70.5 Å². The van der Waals surface area contributed by atoms with E-state index in [0.717, 1.165) is 0 Å². The molecule has 0 spiro atoms. The monoisotopic (exact) mass is 403 g/mol. The van der Waals surface area contributed by atoms with Gasteiger partial charge in [0.05, 0.1) is 22.9 Å². The average molecular weight is 404 g/mol. The number of carbonyl (C=O) groups excluding carboxylic acids is 1. The number of ether oxygens (including phenoxy) is 1. The zero-order chi connectivity index (χ0) is 19.2. The third-order valence-corrected chi connectivity index (χ3v) is 4.06. The van der Waals surface area contributed by atoms with Crippen LogP contribution in [0.4, 0.5) is 0 Å². The minimum atomic E-state index is -0.321. The molecule has 6 nitrogen and oxygen atoms in total. The fraction of sp³-hybridized carbons (Fsp3) is 0.105. The van der Waals surface area contributed by atoms with Crippen molar-refractivity contribution in [2.75, 3.05) is 13.2 Å². The van der Waals surface area contributed by atoms with Crippen LogP contribution >= 0.6 is 23.2 Å². The maximum absolute atomic E-state index is 12.0. The van der Waals surface area contributed by atoms with Gasteiger partial charge in [-0.15, -0.1) is 0 Å². The largest absolute Gasteiger partial charge is 0.437 e. The molecule has 0 saturated carbocycles. The Morgan fingerprint density at radius 2 is 2.00 bits per heavy atom. The summed E-state index contributed by atoms with van der Waals surface area (Å²) in [4.78, 5) is 20.6. The number of pyridine rings is 2. The number of benzene rings is 1. The lowest BCUT2D eigenvalue weighted by Gasteiger charge is -2.09. The highest BCUT2D eigenvalue weighted by Gasteiger charge is 2.10. The Morgan fingerprint density at radius 3 is 2.78 bits per heavy atom. The number of nitrogens with one attached hydrogen (secondary N) is 1. The summed E-state index contributed by atoms with van der Waals surface area (Å²) in [5.74, 6) is 0.451. The number of amides is 1. The molecule has 2 N–H and O–H groups in total. The van der Waals surface area contributed by atoms with E-state index < -0.39 is 0 Å². The van der Waals surface area contributed by atoms with Gasteiger partial charge in [0, 0.05) is 35.6 Å². The number of aromatic nitrogens is 2. The summed E-state index contributed by atoms with van der Waals surface area (Å²) < 4.78 is 5.73. The molecule has 0 aliphatic rings. The molecule has 0 aliphatic heterocycles. The van der Waals surface area contributed by atoms with Crippen LogP contribution in [0.5, 0.6) is 11.6 Å². The second kappa shape index (κ2) is 8.81. The van der Waals surface area contributed by atoms with Gasteiger partial charge in [-0.2, -0.15) is 0 Å². The van der Waals surface area contributed by atoms with E-state index in [9.17, 15) is 4.79 Å². The van der Waals surface area contributed by atoms with Gasteiger partial charge in [-0.05, 0) is 30.3 Å². The van der Waals surface area contributed by atoms with E-state index in [1.807, 2.05) is 0 Å². The van der Waals surface area contributed by atoms with Crippen LogP contribution in [0.3, 0.4) is 0 Å². The molecule has 3 aromatic rings. The number of hydrogen-bond donors (Lipinski definition) is 2. The van der Waals surface area contributed by atoms with Crippen LogP contribution in [0, 0.1) is 0 Å². The Kier molecular flexibility index (Phi) is 6.24. The Balaban J connectivity index is 1.84. The Hall–Kier alpha value is -2.67. The van der Waals surface area contributed by atoms with Gasteiger partial charge in [-0.3, -0.25) is 9.78 Å². The smallest absolute Gasteiger partial charge is 0.252 e. The van der Waals surface area contributed by atoms with Crippen LogP contribution in [0.15, 0.2) is 54.9 Å². The normalized spacial score (nSPS) is 10.5. The van der Waals surface area contributed by atoms with Gasteiger partial charge in [0.2, 0.25) is 5.88 Å². The zero-order valence-electron chi connectivity index (χ0n) is 14.0. The summed E-state index contributed by atoms with van der Waals surface area (Å²) in [5.41, 5.74) is 1.61. The molecule has 3 rings (SSSR count). The number of halogens is 2. The first kappa shape index (κ1) is 19.1. The van der Waals surface area contributed by atoms with Gasteiger partial charge in [0.25, 0.3) is 5.91 Å². The second-order valence-corrected chi connectivity index (χ2v) is 6.32. The zero-order valence-corrected chi connectivity index (χ0v) is 15.5. The Labute approximate surface area is 165 Å². The lowest BCUT2D eigenvalue weighted by atomic mass is 10.1. The van der Waals surface area contributed by atoms with Crippen LogP contribution in [0.25, 0.3) is 11.3 Å². The van der Waals surface area contributed by atoms with Crippen LogP contribution in [0.1, 0.15) is 10.4 Å². The SMILES string of the molecule is O=C(NCCO)c1cncc(-c2cccc(Oc3ccc(Cl)cc3Cl)n2)c1. The average Bonchev–Trinajstić information content (AvgIpc) is 2.68. The van der Waals surface area contributed by atoms with Crippen molar-refractivity contribution in [3.63, 3.8) is 0 Å². The van der Waals surface area contributed by atoms with Crippen LogP contribution in [-0.4, -0.2) is 34.1 Å². The molecule has 27 heavy (non-hydrogen) atoms. The van der Waals surface area contributed by atoms with Crippen molar-refractivity contribution in [2.24, 2.45) is 0 Å². The maximum atomic E-state index is 12.0. The summed E-state index contributed by atoms with van der Waals surface area (Å²) in [5, 5.41) is 12.3. The molecule has 1 amide bonds. The predicted molar refractivity (Wildman–Crippen MR) is 103 cm³/mol. The van der Waals surface area contributed by atoms with Gasteiger partial charge >= 0.3 is 0 Å². The van der Waals surface area contributed by atoms with Crippen molar-refractivity contribution in [1.29, 1.82) is 0 Å². The summed E-state index contributed by atoms with van der Waals surface area (Å²) >= 11 is 12.0. The molecule has 2 aromatic heterocycles. The number of aliphatic hydroxyl groups is 1. The molecule has 0 saturated heterocycles. The minimum absolute atomic E-state index is 0.132. The molecule has 1 aromatic carbocycles. The summed E-state index contributed by atoms with van der Waals surface area (Å²) in [6.07, 6.45) is 3.05. The Morgan fingerprint density at radius 1 is 1.15 bits per heavy atom. The fourth-order valence-electron chi connectivity index (χ4n) is 2.28. The molecule has 0 radical (unpaired) electrons. The Bertz CT molecular complexity index is 966. The lowest BCUT2D eigenvalue weighted by molar-refractivity contribution is 0.0944. The summed E-state index contributed by atoms with van der Waals surface area (Å²) in [6, 6.07) is 11.8. The van der Waals surface area contributed by atoms with Crippen molar-refractivity contribution >= 4 is 29.1 Å². The quantitative estimate of drug-likeness (QED) is 0.650. The first-order chi connectivity index (χ1) is 13.1. The fourth-order valence-corrected chi connectivity index (χ4v) is 2.73. The van der Waals surface area contributed by atoms with Crippen LogP contribution in [-0.2, 0) is 0 Å². The van der Waals surface area contributed by atoms with Gasteiger partial charge in [0.15, 0.2) is 0 Å². The number of hydrogen-bond acceptors (Lipinski definition) is 5. The van der Waals surface area contributed by atoms with E-state index in [1.165, 1.54) is 6.20 Å². The highest BCUT2D eigenvalue weighted by molar-refractivity contribution is 6.35. The van der Waals surface area contributed by atoms with E-state index in [0.29, 0.717) is 38.5 Å². The highest BCUT2D eigenvalue weighted by atomic mass is 35.5. The highest BCUT2D eigenvalue weighted by Crippen LogP contribution is 2.31. The van der Waals surface area contributed by atoms with Gasteiger partial charge < -0.3 is 15.2 Å². The maximum Gasteiger partial charge on any atom is 0.252 e. The number of rotatable bonds is 6. The summed E-state index contributed by atoms with van der Waals surface area (Å²) in [6.45, 7) is 0.0412. The molecule has 0 unspecified atom stereocenters. The molecule has 8 heteroatoms. The topological polar surface area (TPSA) is 84.3 Å². The summed E-state index contributed by atoms with van der Waals surface area (Å²) in [7, 11) is 0. The third kappa shape index (κ3) is 4.95. The van der Waals surface area contributed by atoms with Crippen molar-refractivity contribution in [3.8, 4) is 22.9 Å². The lowest BCUT2D eigenvalue weighted by Crippen LogP contribution is -2.26. The van der Waals surface area contributed by atoms with Crippen LogP contribution in [0.2, 0.25) is 10.0 Å². The third-order valence-electron chi connectivity index (χ3n) is 3.53. The van der Waals surface area contributed by atoms with Gasteiger partial charge in [-0.25, -0.2) is 4.98 Å². The minimum Gasteiger partial charge on any atom is -0.437 e. The van der Waals surface area contributed by atoms with E-state index in [-0.39, 0.29) is 19.1 Å². The number of carbonyl (C=O) groups is 1. The second-order valence-electron chi connectivity index (χ2n) is 5.48. The molecule has 0 atom stereocenters. The molecule has 0 aliphatic carbocycles. The van der Waals surface area contributed by atoms with Crippen molar-refractivity contribution in [2.45, 2.75) is 0 Å². The van der Waals surface area contributed by atoms with E-state index in [2.05, 4.69) is 15.3 Å². The van der Waals surface area contributed by atoms with E-state index in [1.54, 1.807) is 48.7 Å². The van der Waals surface area contributed by atoms with Gasteiger partial charge in [-0.1, -0.05) is 29.3 Å². The first-order valence-electron chi connectivity index (χ1n) is 8.01. The first-order valence-corrected chi connectivity index (χ1v) is 8.77. The van der Waals surface area contributed by atoms with E-state index in [4.69, 9.17) is 33.0 Å². The standard InChI is InChI=1S/C19H15Cl2N3O3/c20-14-4-5-17(15(21)9-14)27-18-3-1-2-16(24-18)12-8-13(11-22-10-12)19(26)23-6-7-25/h1-5,8-11,25H,6-7H2,(H,23,26). The van der Waals surface area contributed by atoms with Gasteiger partial charge in [0.1, 0.15) is 5.75 Å².